The van der Waals surface area contributed by atoms with Gasteiger partial charge >= 0.3 is 12.0 Å². The maximum absolute atomic E-state index is 11.8. The molecule has 2 aromatic carbocycles. The van der Waals surface area contributed by atoms with E-state index in [4.69, 9.17) is 4.74 Å². The first-order chi connectivity index (χ1) is 14.1. The Morgan fingerprint density at radius 2 is 2.07 bits per heavy atom. The van der Waals surface area contributed by atoms with Gasteiger partial charge in [0.15, 0.2) is 0 Å². The fourth-order valence-electron chi connectivity index (χ4n) is 4.30. The van der Waals surface area contributed by atoms with Gasteiger partial charge in [-0.1, -0.05) is 30.3 Å². The number of para-hydroxylation sites is 1. The summed E-state index contributed by atoms with van der Waals surface area (Å²) in [5, 5.41) is 5.40. The van der Waals surface area contributed by atoms with E-state index in [-0.39, 0.29) is 12.0 Å². The van der Waals surface area contributed by atoms with Crippen LogP contribution in [-0.2, 0) is 17.8 Å². The number of carbonyl (C=O) groups is 2. The van der Waals surface area contributed by atoms with Crippen LogP contribution in [0.25, 0.3) is 0 Å². The Kier molecular flexibility index (Phi) is 5.81. The SMILES string of the molecule is CNC(=O)Nc1cccc(CN2CCCC(c3cccc4c3OC(=O)CC4)C2)c1. The summed E-state index contributed by atoms with van der Waals surface area (Å²) in [6.07, 6.45) is 3.44. The molecule has 152 valence electrons. The van der Waals surface area contributed by atoms with Crippen molar-refractivity contribution in [3.63, 3.8) is 0 Å². The zero-order chi connectivity index (χ0) is 20.2. The quantitative estimate of drug-likeness (QED) is 0.614. The highest BCUT2D eigenvalue weighted by atomic mass is 16.5. The van der Waals surface area contributed by atoms with E-state index in [2.05, 4.69) is 39.8 Å². The Balaban J connectivity index is 1.47. The Bertz CT molecular complexity index is 912. The number of nitrogens with one attached hydrogen (secondary N) is 2. The number of hydrogen-bond acceptors (Lipinski definition) is 4. The number of amides is 2. The Hall–Kier alpha value is -2.86. The van der Waals surface area contributed by atoms with Crippen molar-refractivity contribution in [2.75, 3.05) is 25.5 Å². The summed E-state index contributed by atoms with van der Waals surface area (Å²) in [4.78, 5) is 25.8. The zero-order valence-electron chi connectivity index (χ0n) is 16.7. The van der Waals surface area contributed by atoms with Crippen LogP contribution < -0.4 is 15.4 Å². The lowest BCUT2D eigenvalue weighted by atomic mass is 9.87. The van der Waals surface area contributed by atoms with Crippen LogP contribution in [-0.4, -0.2) is 37.0 Å². The molecular formula is C23H27N3O3. The number of benzene rings is 2. The van der Waals surface area contributed by atoms with Crippen LogP contribution in [0.5, 0.6) is 5.75 Å². The molecule has 2 aliphatic rings. The molecule has 0 bridgehead atoms. The third-order valence-corrected chi connectivity index (χ3v) is 5.70. The molecule has 2 aromatic rings. The molecule has 6 heteroatoms. The molecule has 2 heterocycles. The standard InChI is InChI=1S/C23H27N3O3/c1-24-23(28)25-19-8-2-5-16(13-19)14-26-12-4-7-18(15-26)20-9-3-6-17-10-11-21(27)29-22(17)20/h2-3,5-6,8-9,13,18H,4,7,10-12,14-15H2,1H3,(H2,24,25,28). The van der Waals surface area contributed by atoms with Crippen molar-refractivity contribution in [3.8, 4) is 5.75 Å². The van der Waals surface area contributed by atoms with Crippen molar-refractivity contribution in [1.29, 1.82) is 0 Å². The van der Waals surface area contributed by atoms with Crippen molar-refractivity contribution in [2.24, 2.45) is 0 Å². The predicted molar refractivity (Wildman–Crippen MR) is 112 cm³/mol. The highest BCUT2D eigenvalue weighted by Crippen LogP contribution is 2.38. The lowest BCUT2D eigenvalue weighted by Crippen LogP contribution is -2.34. The number of carbonyl (C=O) groups excluding carboxylic acids is 2. The number of likely N-dealkylation sites (tertiary alicyclic amines) is 1. The van der Waals surface area contributed by atoms with Gasteiger partial charge < -0.3 is 15.4 Å². The van der Waals surface area contributed by atoms with Crippen molar-refractivity contribution < 1.29 is 14.3 Å². The van der Waals surface area contributed by atoms with E-state index < -0.39 is 0 Å². The van der Waals surface area contributed by atoms with Gasteiger partial charge in [0, 0.05) is 31.7 Å². The van der Waals surface area contributed by atoms with Gasteiger partial charge in [0.2, 0.25) is 0 Å². The Morgan fingerprint density at radius 1 is 1.21 bits per heavy atom. The minimum absolute atomic E-state index is 0.127. The van der Waals surface area contributed by atoms with Crippen molar-refractivity contribution in [2.45, 2.75) is 38.1 Å². The molecular weight excluding hydrogens is 366 g/mol. The molecule has 2 N–H and O–H groups in total. The molecule has 0 saturated carbocycles. The van der Waals surface area contributed by atoms with Crippen LogP contribution in [0, 0.1) is 0 Å². The molecule has 6 nitrogen and oxygen atoms in total. The Labute approximate surface area is 171 Å². The number of rotatable bonds is 4. The van der Waals surface area contributed by atoms with Gasteiger partial charge in [-0.2, -0.15) is 0 Å². The van der Waals surface area contributed by atoms with Gasteiger partial charge in [-0.15, -0.1) is 0 Å². The van der Waals surface area contributed by atoms with Crippen LogP contribution in [0.2, 0.25) is 0 Å². The first-order valence-corrected chi connectivity index (χ1v) is 10.2. The summed E-state index contributed by atoms with van der Waals surface area (Å²) in [7, 11) is 1.60. The number of hydrogen-bond donors (Lipinski definition) is 2. The number of aryl methyl sites for hydroxylation is 1. The van der Waals surface area contributed by atoms with Crippen molar-refractivity contribution >= 4 is 17.7 Å². The fraction of sp³-hybridized carbons (Fsp3) is 0.391. The van der Waals surface area contributed by atoms with Crippen LogP contribution in [0.3, 0.4) is 0 Å². The smallest absolute Gasteiger partial charge is 0.318 e. The second kappa shape index (κ2) is 8.66. The predicted octanol–water partition coefficient (Wildman–Crippen LogP) is 3.67. The third-order valence-electron chi connectivity index (χ3n) is 5.70. The Morgan fingerprint density at radius 3 is 2.93 bits per heavy atom. The molecule has 0 aromatic heterocycles. The van der Waals surface area contributed by atoms with E-state index in [0.29, 0.717) is 12.3 Å². The van der Waals surface area contributed by atoms with Crippen LogP contribution in [0.1, 0.15) is 41.9 Å². The van der Waals surface area contributed by atoms with E-state index >= 15 is 0 Å². The van der Waals surface area contributed by atoms with Gasteiger partial charge in [-0.05, 0) is 54.6 Å². The first kappa shape index (κ1) is 19.5. The number of esters is 1. The topological polar surface area (TPSA) is 70.7 Å². The molecule has 1 atom stereocenters. The third kappa shape index (κ3) is 4.59. The van der Waals surface area contributed by atoms with Gasteiger partial charge in [-0.25, -0.2) is 4.79 Å². The number of ether oxygens (including phenoxy) is 1. The molecule has 4 rings (SSSR count). The number of piperidine rings is 1. The normalized spacial score (nSPS) is 19.2. The second-order valence-electron chi connectivity index (χ2n) is 7.79. The highest BCUT2D eigenvalue weighted by Gasteiger charge is 2.28. The fourth-order valence-corrected chi connectivity index (χ4v) is 4.30. The summed E-state index contributed by atoms with van der Waals surface area (Å²) in [5.41, 5.74) is 4.27. The summed E-state index contributed by atoms with van der Waals surface area (Å²) < 4.78 is 5.63. The van der Waals surface area contributed by atoms with Gasteiger partial charge in [0.1, 0.15) is 5.75 Å². The number of fused-ring (bicyclic) bond motifs is 1. The van der Waals surface area contributed by atoms with Gasteiger partial charge in [0.25, 0.3) is 0 Å². The summed E-state index contributed by atoms with van der Waals surface area (Å²) in [6, 6.07) is 14.0. The minimum atomic E-state index is -0.219. The monoisotopic (exact) mass is 393 g/mol. The molecule has 1 unspecified atom stereocenters. The number of urea groups is 1. The molecule has 2 aliphatic heterocycles. The lowest BCUT2D eigenvalue weighted by Gasteiger charge is -2.34. The van der Waals surface area contributed by atoms with E-state index in [0.717, 1.165) is 61.5 Å². The minimum Gasteiger partial charge on any atom is -0.426 e. The number of anilines is 1. The molecule has 1 fully saturated rings. The van der Waals surface area contributed by atoms with E-state index in [9.17, 15) is 9.59 Å². The van der Waals surface area contributed by atoms with E-state index in [1.54, 1.807) is 7.05 Å². The van der Waals surface area contributed by atoms with Crippen LogP contribution in [0.4, 0.5) is 10.5 Å². The first-order valence-electron chi connectivity index (χ1n) is 10.2. The summed E-state index contributed by atoms with van der Waals surface area (Å²) in [5.74, 6) is 1.03. The van der Waals surface area contributed by atoms with Crippen LogP contribution >= 0.6 is 0 Å². The number of nitrogens with zero attached hydrogens (tertiary/aromatic N) is 1. The average Bonchev–Trinajstić information content (AvgIpc) is 2.73. The molecule has 0 aliphatic carbocycles. The van der Waals surface area contributed by atoms with Gasteiger partial charge in [0.05, 0.1) is 6.42 Å². The summed E-state index contributed by atoms with van der Waals surface area (Å²) >= 11 is 0. The maximum Gasteiger partial charge on any atom is 0.318 e. The second-order valence-corrected chi connectivity index (χ2v) is 7.79. The average molecular weight is 393 g/mol. The zero-order valence-corrected chi connectivity index (χ0v) is 16.7. The highest BCUT2D eigenvalue weighted by molar-refractivity contribution is 5.89. The largest absolute Gasteiger partial charge is 0.426 e. The van der Waals surface area contributed by atoms with E-state index in [1.807, 2.05) is 18.2 Å². The van der Waals surface area contributed by atoms with Crippen LogP contribution in [0.15, 0.2) is 42.5 Å². The molecule has 2 amide bonds. The summed E-state index contributed by atoms with van der Waals surface area (Å²) in [6.45, 7) is 2.80. The molecule has 1 saturated heterocycles. The molecule has 29 heavy (non-hydrogen) atoms. The molecule has 0 radical (unpaired) electrons. The lowest BCUT2D eigenvalue weighted by molar-refractivity contribution is -0.135. The maximum atomic E-state index is 11.8. The van der Waals surface area contributed by atoms with E-state index in [1.165, 1.54) is 5.56 Å². The van der Waals surface area contributed by atoms with Crippen molar-refractivity contribution in [1.82, 2.24) is 10.2 Å². The molecule has 0 spiro atoms. The van der Waals surface area contributed by atoms with Crippen molar-refractivity contribution in [3.05, 3.63) is 59.2 Å². The van der Waals surface area contributed by atoms with Gasteiger partial charge in [-0.3, -0.25) is 9.69 Å².